The topological polar surface area (TPSA) is 94.8 Å². The van der Waals surface area contributed by atoms with Crippen LogP contribution in [-0.4, -0.2) is 64.8 Å². The zero-order valence-corrected chi connectivity index (χ0v) is 6.08. The van der Waals surface area contributed by atoms with E-state index in [0.717, 1.165) is 0 Å². The Morgan fingerprint density at radius 1 is 1.36 bits per heavy atom. The monoisotopic (exact) mass is 194 g/mol. The molecule has 0 aromatic carbocycles. The van der Waals surface area contributed by atoms with E-state index >= 15 is 0 Å². The van der Waals surface area contributed by atoms with Crippen molar-refractivity contribution in [2.24, 2.45) is 0 Å². The molecule has 1 atom stereocenters. The van der Waals surface area contributed by atoms with Gasteiger partial charge in [0.05, 0.1) is 0 Å². The molecule has 0 radical (unpaired) electrons. The van der Waals surface area contributed by atoms with Gasteiger partial charge in [0.15, 0.2) is 5.44 Å². The fourth-order valence-corrected chi connectivity index (χ4v) is 0.879. The van der Waals surface area contributed by atoms with Crippen LogP contribution in [0.25, 0.3) is 0 Å². The zero-order valence-electron chi connectivity index (χ0n) is 5.27. The summed E-state index contributed by atoms with van der Waals surface area (Å²) in [4.78, 5) is 0. The van der Waals surface area contributed by atoms with E-state index in [-0.39, 0.29) is 49.0 Å². The van der Waals surface area contributed by atoms with Gasteiger partial charge >= 0.3 is 29.6 Å². The molecular weight excluding hydrogens is 183 g/mol. The Kier molecular flexibility index (Phi) is 8.30. The summed E-state index contributed by atoms with van der Waals surface area (Å²) in [6.07, 6.45) is 0.0102. The molecule has 5 nitrogen and oxygen atoms in total. The van der Waals surface area contributed by atoms with E-state index in [1.165, 1.54) is 0 Å². The van der Waals surface area contributed by atoms with Gasteiger partial charge in [-0.2, -0.15) is 8.42 Å². The summed E-state index contributed by atoms with van der Waals surface area (Å²) in [7, 11) is -4.33. The Labute approximate surface area is 87.5 Å². The first kappa shape index (κ1) is 14.4. The van der Waals surface area contributed by atoms with Crippen molar-refractivity contribution in [3.05, 3.63) is 0 Å². The summed E-state index contributed by atoms with van der Waals surface area (Å²) in [5.74, 6) is 0. The van der Waals surface area contributed by atoms with Gasteiger partial charge in [-0.15, -0.1) is 0 Å². The number of hydrogen-bond donors (Lipinski definition) is 3. The Bertz CT molecular complexity index is 177. The summed E-state index contributed by atoms with van der Waals surface area (Å²) < 4.78 is 28.3. The summed E-state index contributed by atoms with van der Waals surface area (Å²) in [6.45, 7) is -0.202. The van der Waals surface area contributed by atoms with E-state index in [0.29, 0.717) is 0 Å². The third-order valence-electron chi connectivity index (χ3n) is 0.953. The van der Waals surface area contributed by atoms with Crippen LogP contribution in [0.2, 0.25) is 0 Å². The Balaban J connectivity index is 0. The second kappa shape index (κ2) is 6.36. The summed E-state index contributed by atoms with van der Waals surface area (Å²) in [6, 6.07) is 0. The quantitative estimate of drug-likeness (QED) is 0.367. The molecule has 11 heavy (non-hydrogen) atoms. The van der Waals surface area contributed by atoms with Gasteiger partial charge < -0.3 is 10.2 Å². The van der Waals surface area contributed by atoms with Crippen LogP contribution in [0.5, 0.6) is 0 Å². The van der Waals surface area contributed by atoms with Gasteiger partial charge in [0.1, 0.15) is 0 Å². The SMILES string of the molecule is O=S(=O)(O)C(O)CCCO.[NaH]. The Morgan fingerprint density at radius 3 is 2.09 bits per heavy atom. The molecule has 0 aromatic rings. The second-order valence-corrected chi connectivity index (χ2v) is 3.41. The molecule has 0 spiro atoms. The average Bonchev–Trinajstić information content (AvgIpc) is 1.80. The predicted octanol–water partition coefficient (Wildman–Crippen LogP) is -1.68. The molecule has 0 rings (SSSR count). The third kappa shape index (κ3) is 7.20. The molecule has 64 valence electrons. The van der Waals surface area contributed by atoms with Gasteiger partial charge in [-0.3, -0.25) is 4.55 Å². The van der Waals surface area contributed by atoms with Crippen molar-refractivity contribution in [2.45, 2.75) is 18.3 Å². The number of rotatable bonds is 4. The Hall–Kier alpha value is 0.830. The molecule has 0 heterocycles. The number of aliphatic hydroxyl groups excluding tert-OH is 2. The van der Waals surface area contributed by atoms with Crippen LogP contribution >= 0.6 is 0 Å². The molecular formula is C4H11NaO5S. The average molecular weight is 194 g/mol. The number of hydrogen-bond acceptors (Lipinski definition) is 4. The van der Waals surface area contributed by atoms with Crippen molar-refractivity contribution >= 4 is 39.7 Å². The van der Waals surface area contributed by atoms with Gasteiger partial charge in [0.25, 0.3) is 10.1 Å². The van der Waals surface area contributed by atoms with Gasteiger partial charge in [-0.25, -0.2) is 0 Å². The molecule has 7 heteroatoms. The summed E-state index contributed by atoms with van der Waals surface area (Å²) >= 11 is 0. The van der Waals surface area contributed by atoms with Crippen LogP contribution in [0.4, 0.5) is 0 Å². The summed E-state index contributed by atoms with van der Waals surface area (Å²) in [5, 5.41) is 16.8. The molecule has 0 fully saturated rings. The fraction of sp³-hybridized carbons (Fsp3) is 1.00. The van der Waals surface area contributed by atoms with E-state index in [1.54, 1.807) is 0 Å². The standard InChI is InChI=1S/C4H10O5S.Na.H/c5-3-1-2-4(6)10(7,8)9;;/h4-6H,1-3H2,(H,7,8,9);;. The fourth-order valence-electron chi connectivity index (χ4n) is 0.415. The predicted molar refractivity (Wildman–Crippen MR) is 41.0 cm³/mol. The van der Waals surface area contributed by atoms with Crippen LogP contribution in [0.3, 0.4) is 0 Å². The summed E-state index contributed by atoms with van der Waals surface area (Å²) in [5.41, 5.74) is -1.76. The first-order valence-electron chi connectivity index (χ1n) is 2.73. The molecule has 0 saturated heterocycles. The minimum absolute atomic E-state index is 0. The van der Waals surface area contributed by atoms with E-state index in [9.17, 15) is 8.42 Å². The van der Waals surface area contributed by atoms with E-state index in [4.69, 9.17) is 14.8 Å². The van der Waals surface area contributed by atoms with Crippen molar-refractivity contribution in [3.63, 3.8) is 0 Å². The van der Waals surface area contributed by atoms with E-state index in [2.05, 4.69) is 0 Å². The van der Waals surface area contributed by atoms with E-state index in [1.807, 2.05) is 0 Å². The van der Waals surface area contributed by atoms with Crippen molar-refractivity contribution < 1.29 is 23.2 Å². The maximum atomic E-state index is 10.1. The normalized spacial score (nSPS) is 13.7. The van der Waals surface area contributed by atoms with Crippen LogP contribution in [0.1, 0.15) is 12.8 Å². The van der Waals surface area contributed by atoms with Crippen molar-refractivity contribution in [1.29, 1.82) is 0 Å². The van der Waals surface area contributed by atoms with Gasteiger partial charge in [0.2, 0.25) is 0 Å². The molecule has 3 N–H and O–H groups in total. The molecule has 0 amide bonds. The second-order valence-electron chi connectivity index (χ2n) is 1.84. The molecule has 0 aliphatic rings. The molecule has 0 aliphatic heterocycles. The first-order valence-corrected chi connectivity index (χ1v) is 4.24. The number of aliphatic hydroxyl groups is 2. The first-order chi connectivity index (χ1) is 4.48. The van der Waals surface area contributed by atoms with Crippen molar-refractivity contribution in [3.8, 4) is 0 Å². The van der Waals surface area contributed by atoms with Crippen LogP contribution in [0, 0.1) is 0 Å². The molecule has 0 aromatic heterocycles. The molecule has 0 bridgehead atoms. The van der Waals surface area contributed by atoms with Crippen LogP contribution in [-0.2, 0) is 10.1 Å². The Morgan fingerprint density at radius 2 is 1.82 bits per heavy atom. The minimum atomic E-state index is -4.33. The van der Waals surface area contributed by atoms with Crippen molar-refractivity contribution in [2.75, 3.05) is 6.61 Å². The maximum absolute atomic E-state index is 10.1. The molecule has 1 unspecified atom stereocenters. The van der Waals surface area contributed by atoms with E-state index < -0.39 is 15.6 Å². The molecule has 0 saturated carbocycles. The molecule has 0 aliphatic carbocycles. The van der Waals surface area contributed by atoms with Gasteiger partial charge in [0, 0.05) is 6.61 Å². The van der Waals surface area contributed by atoms with Crippen LogP contribution < -0.4 is 0 Å². The van der Waals surface area contributed by atoms with Crippen molar-refractivity contribution in [1.82, 2.24) is 0 Å². The van der Waals surface area contributed by atoms with Gasteiger partial charge in [-0.1, -0.05) is 0 Å². The van der Waals surface area contributed by atoms with Gasteiger partial charge in [-0.05, 0) is 12.8 Å². The van der Waals surface area contributed by atoms with Crippen LogP contribution in [0.15, 0.2) is 0 Å². The zero-order chi connectivity index (χ0) is 8.20. The third-order valence-corrected chi connectivity index (χ3v) is 1.88.